The van der Waals surface area contributed by atoms with Gasteiger partial charge in [0.05, 0.1) is 4.88 Å². The molecule has 0 saturated heterocycles. The molecule has 1 aromatic carbocycles. The molecule has 0 atom stereocenters. The van der Waals surface area contributed by atoms with Gasteiger partial charge in [0.2, 0.25) is 0 Å². The normalized spacial score (nSPS) is 12.2. The van der Waals surface area contributed by atoms with Crippen LogP contribution in [0.15, 0.2) is 34.5 Å². The van der Waals surface area contributed by atoms with E-state index >= 15 is 0 Å². The Bertz CT molecular complexity index is 870. The molecule has 0 unspecified atom stereocenters. The standard InChI is InChI=1S/C15H14F3NO3S2/c1-15(17,18)10-4-3-9(11(16)7-10)8-19-14(20)12-5-6-13(23-12)24(2,21)22/h3-7H,8H2,1-2H3,(H,19,20). The quantitative estimate of drug-likeness (QED) is 0.869. The van der Waals surface area contributed by atoms with E-state index in [0.717, 1.165) is 29.7 Å². The maximum Gasteiger partial charge on any atom is 0.270 e. The summed E-state index contributed by atoms with van der Waals surface area (Å²) in [4.78, 5) is 12.1. The second-order valence-electron chi connectivity index (χ2n) is 5.27. The van der Waals surface area contributed by atoms with Crippen LogP contribution in [0, 0.1) is 5.82 Å². The van der Waals surface area contributed by atoms with Crippen LogP contribution in [0.1, 0.15) is 27.7 Å². The van der Waals surface area contributed by atoms with Gasteiger partial charge in [-0.15, -0.1) is 11.3 Å². The number of nitrogens with one attached hydrogen (secondary N) is 1. The topological polar surface area (TPSA) is 63.2 Å². The lowest BCUT2D eigenvalue weighted by atomic mass is 10.1. The highest BCUT2D eigenvalue weighted by Crippen LogP contribution is 2.28. The maximum atomic E-state index is 13.8. The molecule has 130 valence electrons. The number of rotatable bonds is 5. The number of benzene rings is 1. The number of carbonyl (C=O) groups excluding carboxylic acids is 1. The monoisotopic (exact) mass is 377 g/mol. The van der Waals surface area contributed by atoms with E-state index in [2.05, 4.69) is 5.32 Å². The van der Waals surface area contributed by atoms with Crippen LogP contribution in [0.5, 0.6) is 0 Å². The molecule has 0 radical (unpaired) electrons. The van der Waals surface area contributed by atoms with Crippen molar-refractivity contribution >= 4 is 27.1 Å². The molecule has 1 amide bonds. The van der Waals surface area contributed by atoms with Gasteiger partial charge in [-0.2, -0.15) is 0 Å². The average Bonchev–Trinajstić information content (AvgIpc) is 2.94. The van der Waals surface area contributed by atoms with E-state index in [0.29, 0.717) is 6.92 Å². The molecule has 0 fully saturated rings. The van der Waals surface area contributed by atoms with E-state index in [1.807, 2.05) is 0 Å². The van der Waals surface area contributed by atoms with Crippen LogP contribution in [0.2, 0.25) is 0 Å². The third-order valence-corrected chi connectivity index (χ3v) is 6.07. The highest BCUT2D eigenvalue weighted by molar-refractivity contribution is 7.92. The van der Waals surface area contributed by atoms with Crippen LogP contribution in [0.25, 0.3) is 0 Å². The Morgan fingerprint density at radius 1 is 1.25 bits per heavy atom. The summed E-state index contributed by atoms with van der Waals surface area (Å²) >= 11 is 0.800. The number of halogens is 3. The minimum absolute atomic E-state index is 0.0494. The van der Waals surface area contributed by atoms with Crippen molar-refractivity contribution in [3.8, 4) is 0 Å². The number of hydrogen-bond donors (Lipinski definition) is 1. The van der Waals surface area contributed by atoms with Gasteiger partial charge in [-0.25, -0.2) is 21.6 Å². The zero-order chi connectivity index (χ0) is 18.1. The molecule has 9 heteroatoms. The Morgan fingerprint density at radius 3 is 2.42 bits per heavy atom. The molecule has 0 bridgehead atoms. The van der Waals surface area contributed by atoms with Gasteiger partial charge in [-0.05, 0) is 18.2 Å². The Morgan fingerprint density at radius 2 is 1.92 bits per heavy atom. The fraction of sp³-hybridized carbons (Fsp3) is 0.267. The van der Waals surface area contributed by atoms with Crippen LogP contribution in [-0.4, -0.2) is 20.6 Å². The van der Waals surface area contributed by atoms with Gasteiger partial charge in [0.1, 0.15) is 10.0 Å². The summed E-state index contributed by atoms with van der Waals surface area (Å²) in [5, 5.41) is 2.43. The molecule has 1 N–H and O–H groups in total. The van der Waals surface area contributed by atoms with E-state index in [9.17, 15) is 26.4 Å². The Balaban J connectivity index is 2.08. The third kappa shape index (κ3) is 4.35. The van der Waals surface area contributed by atoms with Crippen LogP contribution in [0.3, 0.4) is 0 Å². The first-order valence-electron chi connectivity index (χ1n) is 6.73. The molecule has 4 nitrogen and oxygen atoms in total. The van der Waals surface area contributed by atoms with Gasteiger partial charge >= 0.3 is 0 Å². The Labute approximate surface area is 141 Å². The predicted molar refractivity (Wildman–Crippen MR) is 84.6 cm³/mol. The van der Waals surface area contributed by atoms with Crippen molar-refractivity contribution in [2.75, 3.05) is 6.26 Å². The minimum atomic E-state index is -3.40. The molecule has 0 aliphatic carbocycles. The van der Waals surface area contributed by atoms with E-state index in [1.165, 1.54) is 18.2 Å². The molecule has 0 aliphatic heterocycles. The predicted octanol–water partition coefficient (Wildman–Crippen LogP) is 3.33. The van der Waals surface area contributed by atoms with Gasteiger partial charge in [-0.1, -0.05) is 12.1 Å². The highest BCUT2D eigenvalue weighted by Gasteiger charge is 2.25. The zero-order valence-corrected chi connectivity index (χ0v) is 14.4. The summed E-state index contributed by atoms with van der Waals surface area (Å²) in [6.07, 6.45) is 1.03. The van der Waals surface area contributed by atoms with Crippen LogP contribution in [0.4, 0.5) is 13.2 Å². The summed E-state index contributed by atoms with van der Waals surface area (Å²) in [6, 6.07) is 5.67. The van der Waals surface area contributed by atoms with Crippen molar-refractivity contribution in [1.29, 1.82) is 0 Å². The fourth-order valence-electron chi connectivity index (χ4n) is 1.87. The lowest BCUT2D eigenvalue weighted by molar-refractivity contribution is 0.0171. The van der Waals surface area contributed by atoms with Crippen molar-refractivity contribution in [3.63, 3.8) is 0 Å². The van der Waals surface area contributed by atoms with E-state index < -0.39 is 33.0 Å². The van der Waals surface area contributed by atoms with Crippen molar-refractivity contribution in [3.05, 3.63) is 52.2 Å². The van der Waals surface area contributed by atoms with Crippen molar-refractivity contribution < 1.29 is 26.4 Å². The molecular weight excluding hydrogens is 363 g/mol. The number of sulfone groups is 1. The van der Waals surface area contributed by atoms with Crippen LogP contribution >= 0.6 is 11.3 Å². The summed E-state index contributed by atoms with van der Waals surface area (Å²) in [5.41, 5.74) is -0.401. The van der Waals surface area contributed by atoms with E-state index in [-0.39, 0.29) is 21.2 Å². The zero-order valence-electron chi connectivity index (χ0n) is 12.8. The first kappa shape index (κ1) is 18.5. The first-order valence-corrected chi connectivity index (χ1v) is 9.44. The molecule has 2 aromatic rings. The van der Waals surface area contributed by atoms with Crippen molar-refractivity contribution in [1.82, 2.24) is 5.32 Å². The van der Waals surface area contributed by atoms with Crippen LogP contribution in [-0.2, 0) is 22.3 Å². The van der Waals surface area contributed by atoms with Crippen molar-refractivity contribution in [2.24, 2.45) is 0 Å². The first-order chi connectivity index (χ1) is 11.0. The van der Waals surface area contributed by atoms with Gasteiger partial charge < -0.3 is 5.32 Å². The second-order valence-corrected chi connectivity index (χ2v) is 8.59. The average molecular weight is 377 g/mol. The summed E-state index contributed by atoms with van der Waals surface area (Å²) < 4.78 is 62.9. The third-order valence-electron chi connectivity index (χ3n) is 3.17. The number of hydrogen-bond acceptors (Lipinski definition) is 4. The SMILES string of the molecule is CC(F)(F)c1ccc(CNC(=O)c2ccc(S(C)(=O)=O)s2)c(F)c1. The van der Waals surface area contributed by atoms with Gasteiger partial charge in [0.15, 0.2) is 9.84 Å². The summed E-state index contributed by atoms with van der Waals surface area (Å²) in [7, 11) is -3.40. The molecule has 0 spiro atoms. The number of amides is 1. The molecule has 0 aliphatic rings. The highest BCUT2D eigenvalue weighted by atomic mass is 32.2. The number of thiophene rings is 1. The smallest absolute Gasteiger partial charge is 0.270 e. The molecule has 24 heavy (non-hydrogen) atoms. The largest absolute Gasteiger partial charge is 0.347 e. The lowest BCUT2D eigenvalue weighted by Crippen LogP contribution is -2.22. The summed E-state index contributed by atoms with van der Waals surface area (Å²) in [6.45, 7) is 0.464. The van der Waals surface area contributed by atoms with Gasteiger partial charge in [-0.3, -0.25) is 4.79 Å². The second kappa shape index (κ2) is 6.56. The maximum absolute atomic E-state index is 13.8. The fourth-order valence-corrected chi connectivity index (χ4v) is 3.71. The van der Waals surface area contributed by atoms with Crippen LogP contribution < -0.4 is 5.32 Å². The minimum Gasteiger partial charge on any atom is -0.347 e. The Hall–Kier alpha value is -1.87. The number of carbonyl (C=O) groups is 1. The van der Waals surface area contributed by atoms with E-state index in [4.69, 9.17) is 0 Å². The molecule has 1 aromatic heterocycles. The van der Waals surface area contributed by atoms with Gasteiger partial charge in [0, 0.05) is 30.9 Å². The lowest BCUT2D eigenvalue weighted by Gasteiger charge is -2.12. The van der Waals surface area contributed by atoms with Crippen molar-refractivity contribution in [2.45, 2.75) is 23.6 Å². The number of alkyl halides is 2. The summed E-state index contributed by atoms with van der Waals surface area (Å²) in [5.74, 6) is -4.57. The van der Waals surface area contributed by atoms with Gasteiger partial charge in [0.25, 0.3) is 11.8 Å². The molecular formula is C15H14F3NO3S2. The molecule has 0 saturated carbocycles. The Kier molecular flexibility index (Phi) is 5.05. The molecule has 2 rings (SSSR count). The molecule has 1 heterocycles. The van der Waals surface area contributed by atoms with E-state index in [1.54, 1.807) is 0 Å².